The van der Waals surface area contributed by atoms with Crippen LogP contribution in [0.15, 0.2) is 36.4 Å². The van der Waals surface area contributed by atoms with E-state index in [4.69, 9.17) is 10.5 Å². The lowest BCUT2D eigenvalue weighted by atomic mass is 9.96. The molecule has 1 aliphatic heterocycles. The number of carbonyl (C=O) groups is 1. The summed E-state index contributed by atoms with van der Waals surface area (Å²) < 4.78 is 5.15. The van der Waals surface area contributed by atoms with Crippen molar-refractivity contribution in [1.82, 2.24) is 5.32 Å². The van der Waals surface area contributed by atoms with Gasteiger partial charge in [0.25, 0.3) is 5.91 Å². The SMILES string of the molecule is COc1ccc(-c2ccc(N)c3c2CNC3=O)cc1. The second-order valence-corrected chi connectivity index (χ2v) is 4.47. The summed E-state index contributed by atoms with van der Waals surface area (Å²) in [6.07, 6.45) is 0. The van der Waals surface area contributed by atoms with Gasteiger partial charge in [-0.05, 0) is 34.9 Å². The summed E-state index contributed by atoms with van der Waals surface area (Å²) in [4.78, 5) is 11.8. The molecule has 0 atom stereocenters. The fourth-order valence-corrected chi connectivity index (χ4v) is 2.42. The van der Waals surface area contributed by atoms with Crippen molar-refractivity contribution < 1.29 is 9.53 Å². The van der Waals surface area contributed by atoms with Crippen molar-refractivity contribution >= 4 is 11.6 Å². The number of rotatable bonds is 2. The fraction of sp³-hybridized carbons (Fsp3) is 0.133. The number of hydrogen-bond acceptors (Lipinski definition) is 3. The topological polar surface area (TPSA) is 64.3 Å². The number of benzene rings is 2. The molecule has 1 heterocycles. The van der Waals surface area contributed by atoms with Gasteiger partial charge in [-0.1, -0.05) is 18.2 Å². The van der Waals surface area contributed by atoms with Crippen LogP contribution in [0.4, 0.5) is 5.69 Å². The molecule has 0 fully saturated rings. The van der Waals surface area contributed by atoms with Crippen LogP contribution in [0.3, 0.4) is 0 Å². The molecular formula is C15H14N2O2. The number of nitrogen functional groups attached to an aromatic ring is 1. The van der Waals surface area contributed by atoms with Gasteiger partial charge in [-0.3, -0.25) is 4.79 Å². The second kappa shape index (κ2) is 4.31. The minimum atomic E-state index is -0.0946. The Labute approximate surface area is 111 Å². The molecule has 4 nitrogen and oxygen atoms in total. The van der Waals surface area contributed by atoms with Gasteiger partial charge in [-0.2, -0.15) is 0 Å². The third kappa shape index (κ3) is 1.81. The Kier molecular flexibility index (Phi) is 2.63. The summed E-state index contributed by atoms with van der Waals surface area (Å²) in [5, 5.41) is 2.81. The van der Waals surface area contributed by atoms with Crippen LogP contribution in [0.25, 0.3) is 11.1 Å². The van der Waals surface area contributed by atoms with Crippen LogP contribution in [0, 0.1) is 0 Å². The molecule has 0 bridgehead atoms. The van der Waals surface area contributed by atoms with E-state index in [2.05, 4.69) is 5.32 Å². The van der Waals surface area contributed by atoms with E-state index in [1.165, 1.54) is 0 Å². The molecule has 0 saturated carbocycles. The van der Waals surface area contributed by atoms with Gasteiger partial charge in [0.15, 0.2) is 0 Å². The monoisotopic (exact) mass is 254 g/mol. The average molecular weight is 254 g/mol. The first-order chi connectivity index (χ1) is 9.20. The molecule has 0 aliphatic carbocycles. The number of nitrogens with one attached hydrogen (secondary N) is 1. The number of methoxy groups -OCH3 is 1. The number of carbonyl (C=O) groups excluding carboxylic acids is 1. The highest BCUT2D eigenvalue weighted by Crippen LogP contribution is 2.33. The molecule has 3 N–H and O–H groups in total. The summed E-state index contributed by atoms with van der Waals surface area (Å²) in [5.74, 6) is 0.716. The van der Waals surface area contributed by atoms with Crippen molar-refractivity contribution in [2.75, 3.05) is 12.8 Å². The molecule has 96 valence electrons. The Balaban J connectivity index is 2.13. The number of amides is 1. The molecule has 1 amide bonds. The summed E-state index contributed by atoms with van der Waals surface area (Å²) in [5.41, 5.74) is 10.1. The molecule has 3 rings (SSSR count). The van der Waals surface area contributed by atoms with E-state index in [1.54, 1.807) is 13.2 Å². The van der Waals surface area contributed by atoms with Crippen LogP contribution >= 0.6 is 0 Å². The summed E-state index contributed by atoms with van der Waals surface area (Å²) in [6, 6.07) is 11.5. The van der Waals surface area contributed by atoms with Crippen molar-refractivity contribution in [3.63, 3.8) is 0 Å². The van der Waals surface area contributed by atoms with Crippen molar-refractivity contribution in [3.8, 4) is 16.9 Å². The molecular weight excluding hydrogens is 240 g/mol. The zero-order valence-electron chi connectivity index (χ0n) is 10.6. The van der Waals surface area contributed by atoms with Crippen LogP contribution in [-0.2, 0) is 6.54 Å². The zero-order chi connectivity index (χ0) is 13.4. The maximum Gasteiger partial charge on any atom is 0.254 e. The maximum atomic E-state index is 11.8. The lowest BCUT2D eigenvalue weighted by Gasteiger charge is -2.09. The van der Waals surface area contributed by atoms with Crippen LogP contribution in [0.1, 0.15) is 15.9 Å². The largest absolute Gasteiger partial charge is 0.497 e. The Morgan fingerprint density at radius 2 is 1.89 bits per heavy atom. The molecule has 0 aromatic heterocycles. The van der Waals surface area contributed by atoms with E-state index in [1.807, 2.05) is 30.3 Å². The van der Waals surface area contributed by atoms with Crippen molar-refractivity contribution in [2.45, 2.75) is 6.54 Å². The quantitative estimate of drug-likeness (QED) is 0.807. The third-order valence-electron chi connectivity index (χ3n) is 3.40. The van der Waals surface area contributed by atoms with Gasteiger partial charge in [0.05, 0.1) is 12.7 Å². The zero-order valence-corrected chi connectivity index (χ0v) is 10.6. The normalized spacial score (nSPS) is 13.0. The van der Waals surface area contributed by atoms with E-state index in [0.717, 1.165) is 22.4 Å². The van der Waals surface area contributed by atoms with Crippen molar-refractivity contribution in [3.05, 3.63) is 47.5 Å². The van der Waals surface area contributed by atoms with E-state index in [0.29, 0.717) is 17.8 Å². The summed E-state index contributed by atoms with van der Waals surface area (Å²) in [7, 11) is 1.64. The number of nitrogens with two attached hydrogens (primary N) is 1. The predicted molar refractivity (Wildman–Crippen MR) is 74.0 cm³/mol. The Morgan fingerprint density at radius 1 is 1.16 bits per heavy atom. The minimum absolute atomic E-state index is 0.0946. The fourth-order valence-electron chi connectivity index (χ4n) is 2.42. The smallest absolute Gasteiger partial charge is 0.254 e. The summed E-state index contributed by atoms with van der Waals surface area (Å²) in [6.45, 7) is 0.528. The highest BCUT2D eigenvalue weighted by molar-refractivity contribution is 6.05. The number of hydrogen-bond donors (Lipinski definition) is 2. The molecule has 0 unspecified atom stereocenters. The molecule has 0 saturated heterocycles. The van der Waals surface area contributed by atoms with Gasteiger partial charge < -0.3 is 15.8 Å². The van der Waals surface area contributed by atoms with Crippen molar-refractivity contribution in [1.29, 1.82) is 0 Å². The molecule has 2 aromatic rings. The lowest BCUT2D eigenvalue weighted by Crippen LogP contribution is -2.13. The number of ether oxygens (including phenoxy) is 1. The van der Waals surface area contributed by atoms with Gasteiger partial charge in [0.2, 0.25) is 0 Å². The van der Waals surface area contributed by atoms with Gasteiger partial charge >= 0.3 is 0 Å². The van der Waals surface area contributed by atoms with Gasteiger partial charge in [0, 0.05) is 12.2 Å². The molecule has 4 heteroatoms. The first-order valence-corrected chi connectivity index (χ1v) is 6.04. The molecule has 0 spiro atoms. The Hall–Kier alpha value is -2.49. The van der Waals surface area contributed by atoms with Gasteiger partial charge in [-0.15, -0.1) is 0 Å². The molecule has 0 radical (unpaired) electrons. The number of fused-ring (bicyclic) bond motifs is 1. The van der Waals surface area contributed by atoms with Gasteiger partial charge in [-0.25, -0.2) is 0 Å². The average Bonchev–Trinajstić information content (AvgIpc) is 2.83. The van der Waals surface area contributed by atoms with Crippen molar-refractivity contribution in [2.24, 2.45) is 0 Å². The van der Waals surface area contributed by atoms with Crippen LogP contribution in [-0.4, -0.2) is 13.0 Å². The Morgan fingerprint density at radius 3 is 2.58 bits per heavy atom. The van der Waals surface area contributed by atoms with Crippen LogP contribution in [0.2, 0.25) is 0 Å². The number of anilines is 1. The Bertz CT molecular complexity index is 648. The van der Waals surface area contributed by atoms with Crippen LogP contribution in [0.5, 0.6) is 5.75 Å². The lowest BCUT2D eigenvalue weighted by molar-refractivity contribution is 0.0966. The molecule has 19 heavy (non-hydrogen) atoms. The molecule has 2 aromatic carbocycles. The van der Waals surface area contributed by atoms with E-state index < -0.39 is 0 Å². The minimum Gasteiger partial charge on any atom is -0.497 e. The van der Waals surface area contributed by atoms with Crippen LogP contribution < -0.4 is 15.8 Å². The first-order valence-electron chi connectivity index (χ1n) is 6.04. The second-order valence-electron chi connectivity index (χ2n) is 4.47. The van der Waals surface area contributed by atoms with E-state index in [-0.39, 0.29) is 5.91 Å². The highest BCUT2D eigenvalue weighted by atomic mass is 16.5. The van der Waals surface area contributed by atoms with Gasteiger partial charge in [0.1, 0.15) is 5.75 Å². The highest BCUT2D eigenvalue weighted by Gasteiger charge is 2.24. The maximum absolute atomic E-state index is 11.8. The summed E-state index contributed by atoms with van der Waals surface area (Å²) >= 11 is 0. The predicted octanol–water partition coefficient (Wildman–Crippen LogP) is 2.19. The standard InChI is InChI=1S/C15H14N2O2/c1-19-10-4-2-9(3-5-10)11-6-7-13(16)14-12(11)8-17-15(14)18/h2-7H,8,16H2,1H3,(H,17,18). The van der Waals surface area contributed by atoms with E-state index >= 15 is 0 Å². The first kappa shape index (κ1) is 11.6. The molecule has 1 aliphatic rings. The van der Waals surface area contributed by atoms with E-state index in [9.17, 15) is 4.79 Å². The third-order valence-corrected chi connectivity index (χ3v) is 3.40.